The maximum atomic E-state index is 11.3. The van der Waals surface area contributed by atoms with Crippen LogP contribution < -0.4 is 4.74 Å². The average Bonchev–Trinajstić information content (AvgIpc) is 3.11. The van der Waals surface area contributed by atoms with Crippen molar-refractivity contribution in [3.05, 3.63) is 70.7 Å². The summed E-state index contributed by atoms with van der Waals surface area (Å²) in [6, 6.07) is 18.0. The number of thiazole rings is 1. The van der Waals surface area contributed by atoms with Gasteiger partial charge in [-0.3, -0.25) is 0 Å². The van der Waals surface area contributed by atoms with Crippen LogP contribution in [-0.2, 0) is 12.8 Å². The molecular weight excluding hydrogens is 346 g/mol. The van der Waals surface area contributed by atoms with Gasteiger partial charge in [0.05, 0.1) is 12.3 Å². The number of carboxylic acid groups (broad SMARTS) is 1. The largest absolute Gasteiger partial charge is 0.494 e. The van der Waals surface area contributed by atoms with Crippen molar-refractivity contribution in [3.63, 3.8) is 0 Å². The Morgan fingerprint density at radius 1 is 1.12 bits per heavy atom. The number of aromatic nitrogens is 1. The van der Waals surface area contributed by atoms with Gasteiger partial charge in [-0.1, -0.05) is 37.3 Å². The minimum Gasteiger partial charge on any atom is -0.494 e. The van der Waals surface area contributed by atoms with E-state index in [2.05, 4.69) is 17.1 Å². The Morgan fingerprint density at radius 3 is 2.46 bits per heavy atom. The van der Waals surface area contributed by atoms with E-state index in [1.165, 1.54) is 16.9 Å². The van der Waals surface area contributed by atoms with E-state index in [1.807, 2.05) is 49.4 Å². The SMILES string of the molecule is CCc1nc(-c2ccc(OCCCc3ccccc3)cc2)sc1C(=O)O. The van der Waals surface area contributed by atoms with E-state index in [9.17, 15) is 9.90 Å². The molecule has 3 aromatic rings. The molecule has 0 bridgehead atoms. The first kappa shape index (κ1) is 18.1. The Labute approximate surface area is 157 Å². The quantitative estimate of drug-likeness (QED) is 0.564. The zero-order valence-electron chi connectivity index (χ0n) is 14.6. The first-order valence-electron chi connectivity index (χ1n) is 8.67. The lowest BCUT2D eigenvalue weighted by Gasteiger charge is -2.07. The van der Waals surface area contributed by atoms with Crippen LogP contribution in [0.4, 0.5) is 0 Å². The minimum absolute atomic E-state index is 0.323. The van der Waals surface area contributed by atoms with Crippen molar-refractivity contribution >= 4 is 17.3 Å². The summed E-state index contributed by atoms with van der Waals surface area (Å²) in [5.74, 6) is -0.100. The van der Waals surface area contributed by atoms with Gasteiger partial charge < -0.3 is 9.84 Å². The second-order valence-corrected chi connectivity index (χ2v) is 6.91. The highest BCUT2D eigenvalue weighted by Crippen LogP contribution is 2.29. The summed E-state index contributed by atoms with van der Waals surface area (Å²) in [6.07, 6.45) is 2.57. The first-order valence-corrected chi connectivity index (χ1v) is 9.49. The molecule has 26 heavy (non-hydrogen) atoms. The van der Waals surface area contributed by atoms with Gasteiger partial charge >= 0.3 is 5.97 Å². The Balaban J connectivity index is 1.57. The normalized spacial score (nSPS) is 10.7. The van der Waals surface area contributed by atoms with E-state index >= 15 is 0 Å². The highest BCUT2D eigenvalue weighted by atomic mass is 32.1. The molecule has 2 aromatic carbocycles. The van der Waals surface area contributed by atoms with Crippen molar-refractivity contribution in [1.29, 1.82) is 0 Å². The average molecular weight is 367 g/mol. The van der Waals surface area contributed by atoms with Crippen LogP contribution >= 0.6 is 11.3 Å². The number of aromatic carboxylic acids is 1. The third kappa shape index (κ3) is 4.49. The van der Waals surface area contributed by atoms with Crippen molar-refractivity contribution in [1.82, 2.24) is 4.98 Å². The van der Waals surface area contributed by atoms with Crippen LogP contribution in [0.5, 0.6) is 5.75 Å². The van der Waals surface area contributed by atoms with Crippen LogP contribution in [0.25, 0.3) is 10.6 Å². The van der Waals surface area contributed by atoms with Crippen LogP contribution in [-0.4, -0.2) is 22.7 Å². The van der Waals surface area contributed by atoms with Crippen LogP contribution in [0.1, 0.15) is 34.3 Å². The second kappa shape index (κ2) is 8.63. The van der Waals surface area contributed by atoms with Crippen molar-refractivity contribution < 1.29 is 14.6 Å². The fourth-order valence-electron chi connectivity index (χ4n) is 2.69. The van der Waals surface area contributed by atoms with Gasteiger partial charge in [-0.25, -0.2) is 9.78 Å². The predicted molar refractivity (Wildman–Crippen MR) is 104 cm³/mol. The molecule has 0 fully saturated rings. The molecule has 0 spiro atoms. The molecule has 1 heterocycles. The number of carbonyl (C=O) groups is 1. The molecule has 0 radical (unpaired) electrons. The van der Waals surface area contributed by atoms with Gasteiger partial charge in [-0.2, -0.15) is 0 Å². The van der Waals surface area contributed by atoms with E-state index in [1.54, 1.807) is 0 Å². The van der Waals surface area contributed by atoms with Crippen LogP contribution in [0.15, 0.2) is 54.6 Å². The second-order valence-electron chi connectivity index (χ2n) is 5.92. The maximum absolute atomic E-state index is 11.3. The van der Waals surface area contributed by atoms with E-state index in [4.69, 9.17) is 4.74 Å². The van der Waals surface area contributed by atoms with E-state index < -0.39 is 5.97 Å². The molecule has 0 saturated carbocycles. The number of rotatable bonds is 8. The van der Waals surface area contributed by atoms with Crippen LogP contribution in [0.3, 0.4) is 0 Å². The summed E-state index contributed by atoms with van der Waals surface area (Å²) in [6.45, 7) is 2.58. The Hall–Kier alpha value is -2.66. The molecule has 0 aliphatic carbocycles. The zero-order valence-corrected chi connectivity index (χ0v) is 15.5. The van der Waals surface area contributed by atoms with Gasteiger partial charge in [0.15, 0.2) is 0 Å². The van der Waals surface area contributed by atoms with E-state index in [-0.39, 0.29) is 0 Å². The molecule has 4 nitrogen and oxygen atoms in total. The molecule has 0 aliphatic heterocycles. The smallest absolute Gasteiger partial charge is 0.347 e. The Morgan fingerprint density at radius 2 is 1.85 bits per heavy atom. The van der Waals surface area contributed by atoms with Gasteiger partial charge in [-0.15, -0.1) is 11.3 Å². The monoisotopic (exact) mass is 367 g/mol. The summed E-state index contributed by atoms with van der Waals surface area (Å²) < 4.78 is 5.80. The molecule has 0 atom stereocenters. The highest BCUT2D eigenvalue weighted by molar-refractivity contribution is 7.17. The number of aryl methyl sites for hydroxylation is 2. The molecule has 0 saturated heterocycles. The predicted octanol–water partition coefficient (Wildman–Crippen LogP) is 5.08. The summed E-state index contributed by atoms with van der Waals surface area (Å²) in [5.41, 5.74) is 2.86. The number of hydrogen-bond donors (Lipinski definition) is 1. The fraction of sp³-hybridized carbons (Fsp3) is 0.238. The highest BCUT2D eigenvalue weighted by Gasteiger charge is 2.16. The summed E-state index contributed by atoms with van der Waals surface area (Å²) >= 11 is 1.22. The van der Waals surface area contributed by atoms with Gasteiger partial charge in [0, 0.05) is 5.56 Å². The standard InChI is InChI=1S/C21H21NO3S/c1-2-18-19(21(23)24)26-20(22-18)16-10-12-17(13-11-16)25-14-6-9-15-7-4-3-5-8-15/h3-5,7-8,10-13H,2,6,9,14H2,1H3,(H,23,24). The lowest BCUT2D eigenvalue weighted by Crippen LogP contribution is -1.99. The Bertz CT molecular complexity index is 857. The molecule has 0 amide bonds. The topological polar surface area (TPSA) is 59.4 Å². The van der Waals surface area contributed by atoms with Crippen molar-refractivity contribution in [2.75, 3.05) is 6.61 Å². The van der Waals surface area contributed by atoms with E-state index in [0.29, 0.717) is 23.6 Å². The van der Waals surface area contributed by atoms with Gasteiger partial charge in [-0.05, 0) is 49.1 Å². The number of carboxylic acids is 1. The number of hydrogen-bond acceptors (Lipinski definition) is 4. The number of nitrogens with zero attached hydrogens (tertiary/aromatic N) is 1. The summed E-state index contributed by atoms with van der Waals surface area (Å²) in [5, 5.41) is 9.99. The van der Waals surface area contributed by atoms with Gasteiger partial charge in [0.1, 0.15) is 15.6 Å². The molecule has 134 valence electrons. The number of benzene rings is 2. The van der Waals surface area contributed by atoms with Crippen LogP contribution in [0, 0.1) is 0 Å². The maximum Gasteiger partial charge on any atom is 0.347 e. The first-order chi connectivity index (χ1) is 12.7. The molecular formula is C21H21NO3S. The molecule has 3 rings (SSSR count). The molecule has 0 unspecified atom stereocenters. The van der Waals surface area contributed by atoms with Crippen LogP contribution in [0.2, 0.25) is 0 Å². The van der Waals surface area contributed by atoms with Crippen molar-refractivity contribution in [2.45, 2.75) is 26.2 Å². The zero-order chi connectivity index (χ0) is 18.4. The van der Waals surface area contributed by atoms with Gasteiger partial charge in [0.25, 0.3) is 0 Å². The summed E-state index contributed by atoms with van der Waals surface area (Å²) in [4.78, 5) is 16.1. The van der Waals surface area contributed by atoms with Crippen molar-refractivity contribution in [2.24, 2.45) is 0 Å². The third-order valence-electron chi connectivity index (χ3n) is 4.05. The lowest BCUT2D eigenvalue weighted by molar-refractivity contribution is 0.0701. The molecule has 1 N–H and O–H groups in total. The lowest BCUT2D eigenvalue weighted by atomic mass is 10.1. The number of ether oxygens (including phenoxy) is 1. The molecule has 0 aliphatic rings. The molecule has 1 aromatic heterocycles. The third-order valence-corrected chi connectivity index (χ3v) is 5.18. The summed E-state index contributed by atoms with van der Waals surface area (Å²) in [7, 11) is 0. The van der Waals surface area contributed by atoms with Gasteiger partial charge in [0.2, 0.25) is 0 Å². The minimum atomic E-state index is -0.913. The van der Waals surface area contributed by atoms with E-state index in [0.717, 1.165) is 29.2 Å². The molecule has 5 heteroatoms. The van der Waals surface area contributed by atoms with Crippen molar-refractivity contribution in [3.8, 4) is 16.3 Å². The Kier molecular flexibility index (Phi) is 6.02. The fourth-order valence-corrected chi connectivity index (χ4v) is 3.68.